The number of hydrogen-bond acceptors (Lipinski definition) is 2. The van der Waals surface area contributed by atoms with Crippen LogP contribution in [0.3, 0.4) is 0 Å². The van der Waals surface area contributed by atoms with E-state index in [-0.39, 0.29) is 17.7 Å². The van der Waals surface area contributed by atoms with Crippen LogP contribution in [0, 0.1) is 5.41 Å². The maximum absolute atomic E-state index is 12.2. The van der Waals surface area contributed by atoms with Crippen molar-refractivity contribution in [1.29, 1.82) is 0 Å². The fraction of sp³-hybridized carbons (Fsp3) is 0.556. The minimum Gasteiger partial charge on any atom is -0.481 e. The molecule has 0 aromatic heterocycles. The normalized spacial score (nSPS) is 20.9. The zero-order valence-electron chi connectivity index (χ0n) is 13.1. The molecule has 2 aliphatic rings. The van der Waals surface area contributed by atoms with Gasteiger partial charge in [-0.2, -0.15) is 0 Å². The summed E-state index contributed by atoms with van der Waals surface area (Å²) in [5.41, 5.74) is 0.463. The molecular formula is C18H22BrNO3. The summed E-state index contributed by atoms with van der Waals surface area (Å²) < 4.78 is 1.05. The lowest BCUT2D eigenvalue weighted by Crippen LogP contribution is -2.48. The number of aliphatic carboxylic acids is 1. The van der Waals surface area contributed by atoms with E-state index in [4.69, 9.17) is 0 Å². The third-order valence-corrected chi connectivity index (χ3v) is 6.18. The van der Waals surface area contributed by atoms with E-state index in [9.17, 15) is 14.7 Å². The predicted molar refractivity (Wildman–Crippen MR) is 91.2 cm³/mol. The van der Waals surface area contributed by atoms with Crippen LogP contribution in [0.2, 0.25) is 0 Å². The maximum Gasteiger partial charge on any atom is 0.310 e. The van der Waals surface area contributed by atoms with Crippen LogP contribution >= 0.6 is 15.9 Å². The van der Waals surface area contributed by atoms with E-state index in [2.05, 4.69) is 33.4 Å². The smallest absolute Gasteiger partial charge is 0.310 e. The second-order valence-corrected chi connectivity index (χ2v) is 7.95. The number of halogens is 1. The average Bonchev–Trinajstić information content (AvgIpc) is 2.43. The standard InChI is InChI=1S/C18H22BrNO3/c19-14-5-3-13(4-6-14)18(9-2-10-18)12-20-15(21)11-17(16(22)23)7-1-8-17/h3-6H,1-2,7-12H2,(H,20,21)(H,22,23). The molecule has 0 unspecified atom stereocenters. The van der Waals surface area contributed by atoms with Gasteiger partial charge < -0.3 is 10.4 Å². The van der Waals surface area contributed by atoms with Gasteiger partial charge in [-0.25, -0.2) is 0 Å². The van der Waals surface area contributed by atoms with Gasteiger partial charge in [0.05, 0.1) is 5.41 Å². The van der Waals surface area contributed by atoms with Crippen molar-refractivity contribution in [2.45, 2.75) is 50.4 Å². The van der Waals surface area contributed by atoms with Crippen molar-refractivity contribution in [1.82, 2.24) is 5.32 Å². The first-order valence-electron chi connectivity index (χ1n) is 8.22. The summed E-state index contributed by atoms with van der Waals surface area (Å²) in [5, 5.41) is 12.3. The Labute approximate surface area is 144 Å². The van der Waals surface area contributed by atoms with Gasteiger partial charge in [0.1, 0.15) is 0 Å². The zero-order chi connectivity index (χ0) is 16.5. The monoisotopic (exact) mass is 379 g/mol. The lowest BCUT2D eigenvalue weighted by molar-refractivity contribution is -0.157. The van der Waals surface area contributed by atoms with Crippen LogP contribution in [0.1, 0.15) is 50.5 Å². The molecule has 0 radical (unpaired) electrons. The fourth-order valence-electron chi connectivity index (χ4n) is 3.68. The molecule has 2 aliphatic carbocycles. The molecule has 0 bridgehead atoms. The highest BCUT2D eigenvalue weighted by atomic mass is 79.9. The second-order valence-electron chi connectivity index (χ2n) is 7.03. The van der Waals surface area contributed by atoms with Gasteiger partial charge in [-0.3, -0.25) is 9.59 Å². The van der Waals surface area contributed by atoms with Crippen molar-refractivity contribution >= 4 is 27.8 Å². The molecule has 1 amide bonds. The molecule has 23 heavy (non-hydrogen) atoms. The first-order valence-corrected chi connectivity index (χ1v) is 9.01. The van der Waals surface area contributed by atoms with Crippen molar-refractivity contribution in [3.8, 4) is 0 Å². The van der Waals surface area contributed by atoms with E-state index >= 15 is 0 Å². The minimum absolute atomic E-state index is 0.0202. The maximum atomic E-state index is 12.2. The molecule has 3 rings (SSSR count). The quantitative estimate of drug-likeness (QED) is 0.792. The number of carbonyl (C=O) groups is 2. The number of benzene rings is 1. The predicted octanol–water partition coefficient (Wildman–Crippen LogP) is 3.63. The molecule has 0 saturated heterocycles. The third-order valence-electron chi connectivity index (χ3n) is 5.65. The topological polar surface area (TPSA) is 66.4 Å². The largest absolute Gasteiger partial charge is 0.481 e. The first kappa shape index (κ1) is 16.5. The summed E-state index contributed by atoms with van der Waals surface area (Å²) in [6, 6.07) is 8.29. The van der Waals surface area contributed by atoms with Gasteiger partial charge in [-0.15, -0.1) is 0 Å². The Kier molecular flexibility index (Phi) is 4.50. The lowest BCUT2D eigenvalue weighted by atomic mass is 9.64. The van der Waals surface area contributed by atoms with Gasteiger partial charge in [0.25, 0.3) is 0 Å². The molecule has 0 aliphatic heterocycles. The molecule has 5 heteroatoms. The van der Waals surface area contributed by atoms with Crippen molar-refractivity contribution in [3.63, 3.8) is 0 Å². The highest BCUT2D eigenvalue weighted by Gasteiger charge is 2.46. The van der Waals surface area contributed by atoms with Crippen LogP contribution in [0.15, 0.2) is 28.7 Å². The molecule has 124 valence electrons. The Hall–Kier alpha value is -1.36. The summed E-state index contributed by atoms with van der Waals surface area (Å²) in [6.07, 6.45) is 5.56. The van der Waals surface area contributed by atoms with Crippen LogP contribution in [0.5, 0.6) is 0 Å². The Balaban J connectivity index is 1.61. The van der Waals surface area contributed by atoms with E-state index in [0.29, 0.717) is 19.4 Å². The Morgan fingerprint density at radius 1 is 1.09 bits per heavy atom. The molecule has 4 nitrogen and oxygen atoms in total. The highest BCUT2D eigenvalue weighted by molar-refractivity contribution is 9.10. The Morgan fingerprint density at radius 3 is 2.13 bits per heavy atom. The van der Waals surface area contributed by atoms with Gasteiger partial charge in [0, 0.05) is 22.9 Å². The fourth-order valence-corrected chi connectivity index (χ4v) is 3.95. The van der Waals surface area contributed by atoms with E-state index < -0.39 is 11.4 Å². The summed E-state index contributed by atoms with van der Waals surface area (Å²) in [4.78, 5) is 23.6. The molecule has 0 atom stereocenters. The van der Waals surface area contributed by atoms with E-state index in [0.717, 1.165) is 23.7 Å². The van der Waals surface area contributed by atoms with Crippen LogP contribution in [-0.2, 0) is 15.0 Å². The minimum atomic E-state index is -0.829. The number of amides is 1. The Bertz CT molecular complexity index is 603. The molecule has 0 heterocycles. The van der Waals surface area contributed by atoms with E-state index in [1.54, 1.807) is 0 Å². The number of carboxylic acids is 1. The summed E-state index contributed by atoms with van der Waals surface area (Å²) in [6.45, 7) is 0.600. The van der Waals surface area contributed by atoms with Gasteiger partial charge in [0.15, 0.2) is 0 Å². The summed E-state index contributed by atoms with van der Waals surface area (Å²) >= 11 is 3.45. The molecule has 2 fully saturated rings. The number of rotatable bonds is 6. The van der Waals surface area contributed by atoms with Gasteiger partial charge >= 0.3 is 5.97 Å². The summed E-state index contributed by atoms with van der Waals surface area (Å²) in [7, 11) is 0. The van der Waals surface area contributed by atoms with Gasteiger partial charge in [-0.1, -0.05) is 40.9 Å². The van der Waals surface area contributed by atoms with Crippen molar-refractivity contribution in [3.05, 3.63) is 34.3 Å². The van der Waals surface area contributed by atoms with Crippen LogP contribution in [0.4, 0.5) is 0 Å². The van der Waals surface area contributed by atoms with Crippen molar-refractivity contribution in [2.24, 2.45) is 5.41 Å². The van der Waals surface area contributed by atoms with Crippen LogP contribution in [-0.4, -0.2) is 23.5 Å². The molecule has 1 aromatic rings. The highest BCUT2D eigenvalue weighted by Crippen LogP contribution is 2.45. The van der Waals surface area contributed by atoms with Gasteiger partial charge in [-0.05, 0) is 43.4 Å². The van der Waals surface area contributed by atoms with Crippen molar-refractivity contribution in [2.75, 3.05) is 6.54 Å². The molecule has 2 saturated carbocycles. The lowest BCUT2D eigenvalue weighted by Gasteiger charge is -2.43. The number of nitrogens with one attached hydrogen (secondary N) is 1. The molecule has 2 N–H and O–H groups in total. The number of carbonyl (C=O) groups excluding carboxylic acids is 1. The van der Waals surface area contributed by atoms with E-state index in [1.165, 1.54) is 12.0 Å². The van der Waals surface area contributed by atoms with Crippen LogP contribution in [0.25, 0.3) is 0 Å². The molecule has 1 aromatic carbocycles. The Morgan fingerprint density at radius 2 is 1.70 bits per heavy atom. The number of carboxylic acid groups (broad SMARTS) is 1. The molecular weight excluding hydrogens is 358 g/mol. The third kappa shape index (κ3) is 3.16. The summed E-state index contributed by atoms with van der Waals surface area (Å²) in [5.74, 6) is -0.958. The first-order chi connectivity index (χ1) is 11.0. The SMILES string of the molecule is O=C(CC1(C(=O)O)CCC1)NCC1(c2ccc(Br)cc2)CCC1. The van der Waals surface area contributed by atoms with Crippen molar-refractivity contribution < 1.29 is 14.7 Å². The molecule has 0 spiro atoms. The number of hydrogen-bond donors (Lipinski definition) is 2. The second kappa shape index (κ2) is 6.27. The average molecular weight is 380 g/mol. The van der Waals surface area contributed by atoms with Crippen LogP contribution < -0.4 is 5.32 Å². The van der Waals surface area contributed by atoms with E-state index in [1.807, 2.05) is 12.1 Å². The zero-order valence-corrected chi connectivity index (χ0v) is 14.7. The van der Waals surface area contributed by atoms with Gasteiger partial charge in [0.2, 0.25) is 5.91 Å².